The summed E-state index contributed by atoms with van der Waals surface area (Å²) in [5.74, 6) is 0.391. The quantitative estimate of drug-likeness (QED) is 0.490. The van der Waals surface area contributed by atoms with E-state index in [1.54, 1.807) is 41.8 Å². The zero-order valence-electron chi connectivity index (χ0n) is 15.6. The third kappa shape index (κ3) is 6.20. The first-order chi connectivity index (χ1) is 14.0. The minimum atomic E-state index is -0.427. The number of para-hydroxylation sites is 2. The fraction of sp³-hybridized carbons (Fsp3) is 0.150. The number of thiazole rings is 1. The summed E-state index contributed by atoms with van der Waals surface area (Å²) in [4.78, 5) is 28.7. The second-order valence-electron chi connectivity index (χ2n) is 5.88. The van der Waals surface area contributed by atoms with Crippen molar-refractivity contribution in [2.45, 2.75) is 13.3 Å². The molecule has 0 aliphatic heterocycles. The number of halogens is 1. The van der Waals surface area contributed by atoms with Gasteiger partial charge in [0.2, 0.25) is 5.91 Å². The van der Waals surface area contributed by atoms with Crippen LogP contribution in [0, 0.1) is 0 Å². The van der Waals surface area contributed by atoms with Crippen molar-refractivity contribution >= 4 is 51.4 Å². The highest BCUT2D eigenvalue weighted by atomic mass is 35.5. The first-order valence-electron chi connectivity index (χ1n) is 8.83. The molecule has 150 valence electrons. The highest BCUT2D eigenvalue weighted by Gasteiger charge is 2.12. The molecule has 0 atom stereocenters. The number of rotatable bonds is 7. The summed E-state index contributed by atoms with van der Waals surface area (Å²) in [5, 5.41) is 10.9. The molecule has 9 heteroatoms. The van der Waals surface area contributed by atoms with Crippen LogP contribution in [0.15, 0.2) is 53.9 Å². The number of amides is 3. The van der Waals surface area contributed by atoms with Crippen molar-refractivity contribution in [2.24, 2.45) is 0 Å². The van der Waals surface area contributed by atoms with Crippen LogP contribution >= 0.6 is 22.9 Å². The van der Waals surface area contributed by atoms with Gasteiger partial charge in [0.05, 0.1) is 24.4 Å². The topological polar surface area (TPSA) is 92.4 Å². The zero-order chi connectivity index (χ0) is 20.6. The molecular formula is C20H19ClN4O3S. The standard InChI is InChI=1S/C20H19ClN4O3S/c1-2-28-17-6-4-3-5-16(17)24-18(26)11-15-12-29-20(23-15)25-19(27)22-14-9-7-13(21)8-10-14/h3-10,12H,2,11H2,1H3,(H,24,26)(H2,22,23,25,27). The van der Waals surface area contributed by atoms with E-state index in [0.717, 1.165) is 0 Å². The van der Waals surface area contributed by atoms with E-state index in [9.17, 15) is 9.59 Å². The first-order valence-corrected chi connectivity index (χ1v) is 10.1. The summed E-state index contributed by atoms with van der Waals surface area (Å²) in [6.07, 6.45) is 0.0808. The van der Waals surface area contributed by atoms with Gasteiger partial charge in [-0.05, 0) is 43.3 Å². The summed E-state index contributed by atoms with van der Waals surface area (Å²) >= 11 is 7.06. The molecule has 7 nitrogen and oxygen atoms in total. The molecule has 0 radical (unpaired) electrons. The number of hydrogen-bond donors (Lipinski definition) is 3. The van der Waals surface area contributed by atoms with Gasteiger partial charge in [0.25, 0.3) is 0 Å². The van der Waals surface area contributed by atoms with Gasteiger partial charge in [-0.25, -0.2) is 9.78 Å². The number of hydrogen-bond acceptors (Lipinski definition) is 5. The second kappa shape index (κ2) is 9.90. The van der Waals surface area contributed by atoms with E-state index < -0.39 is 6.03 Å². The summed E-state index contributed by atoms with van der Waals surface area (Å²) in [5.41, 5.74) is 1.77. The maximum absolute atomic E-state index is 12.3. The number of urea groups is 1. The molecule has 0 spiro atoms. The molecule has 0 unspecified atom stereocenters. The number of carbonyl (C=O) groups is 2. The van der Waals surface area contributed by atoms with Gasteiger partial charge in [-0.3, -0.25) is 10.1 Å². The molecule has 0 saturated heterocycles. The van der Waals surface area contributed by atoms with Gasteiger partial charge in [0, 0.05) is 16.1 Å². The molecule has 2 aromatic carbocycles. The zero-order valence-corrected chi connectivity index (χ0v) is 17.1. The third-order valence-corrected chi connectivity index (χ3v) is 4.74. The lowest BCUT2D eigenvalue weighted by Crippen LogP contribution is -2.19. The molecular weight excluding hydrogens is 412 g/mol. The Bertz CT molecular complexity index is 991. The van der Waals surface area contributed by atoms with E-state index in [0.29, 0.717) is 39.6 Å². The Labute approximate surface area is 177 Å². The summed E-state index contributed by atoms with van der Waals surface area (Å²) < 4.78 is 5.50. The van der Waals surface area contributed by atoms with Crippen LogP contribution < -0.4 is 20.7 Å². The Balaban J connectivity index is 1.54. The smallest absolute Gasteiger partial charge is 0.325 e. The molecule has 0 saturated carbocycles. The van der Waals surface area contributed by atoms with Crippen LogP contribution in [0.4, 0.5) is 21.3 Å². The summed E-state index contributed by atoms with van der Waals surface area (Å²) in [6.45, 7) is 2.39. The van der Waals surface area contributed by atoms with Crippen LogP contribution in [0.1, 0.15) is 12.6 Å². The van der Waals surface area contributed by atoms with E-state index in [1.165, 1.54) is 11.3 Å². The molecule has 1 heterocycles. The lowest BCUT2D eigenvalue weighted by atomic mass is 10.2. The highest BCUT2D eigenvalue weighted by molar-refractivity contribution is 7.14. The Morgan fingerprint density at radius 2 is 1.83 bits per heavy atom. The van der Waals surface area contributed by atoms with Crippen molar-refractivity contribution in [3.8, 4) is 5.75 Å². The second-order valence-corrected chi connectivity index (χ2v) is 7.18. The van der Waals surface area contributed by atoms with Crippen molar-refractivity contribution < 1.29 is 14.3 Å². The number of ether oxygens (including phenoxy) is 1. The van der Waals surface area contributed by atoms with Crippen molar-refractivity contribution in [3.05, 3.63) is 64.6 Å². The van der Waals surface area contributed by atoms with Crippen LogP contribution in [0.3, 0.4) is 0 Å². The molecule has 3 amide bonds. The Hall–Kier alpha value is -3.10. The predicted octanol–water partition coefficient (Wildman–Crippen LogP) is 5.02. The van der Waals surface area contributed by atoms with Gasteiger partial charge >= 0.3 is 6.03 Å². The molecule has 0 aliphatic rings. The Morgan fingerprint density at radius 1 is 1.07 bits per heavy atom. The van der Waals surface area contributed by atoms with Gasteiger partial charge in [0.15, 0.2) is 5.13 Å². The SMILES string of the molecule is CCOc1ccccc1NC(=O)Cc1csc(NC(=O)Nc2ccc(Cl)cc2)n1. The molecule has 1 aromatic heterocycles. The number of nitrogens with zero attached hydrogens (tertiary/aromatic N) is 1. The van der Waals surface area contributed by atoms with Gasteiger partial charge in [-0.1, -0.05) is 23.7 Å². The van der Waals surface area contributed by atoms with E-state index in [2.05, 4.69) is 20.9 Å². The normalized spacial score (nSPS) is 10.3. The maximum Gasteiger partial charge on any atom is 0.325 e. The van der Waals surface area contributed by atoms with Crippen LogP contribution in [0.25, 0.3) is 0 Å². The van der Waals surface area contributed by atoms with E-state index in [1.807, 2.05) is 19.1 Å². The average Bonchev–Trinajstić information content (AvgIpc) is 3.12. The lowest BCUT2D eigenvalue weighted by Gasteiger charge is -2.10. The minimum absolute atomic E-state index is 0.0808. The molecule has 0 bridgehead atoms. The van der Waals surface area contributed by atoms with Crippen LogP contribution in [-0.2, 0) is 11.2 Å². The third-order valence-electron chi connectivity index (χ3n) is 3.68. The van der Waals surface area contributed by atoms with Crippen LogP contribution in [-0.4, -0.2) is 23.5 Å². The molecule has 3 aromatic rings. The molecule has 0 fully saturated rings. The predicted molar refractivity (Wildman–Crippen MR) is 116 cm³/mol. The van der Waals surface area contributed by atoms with Crippen molar-refractivity contribution in [1.29, 1.82) is 0 Å². The van der Waals surface area contributed by atoms with E-state index >= 15 is 0 Å². The number of carbonyl (C=O) groups excluding carboxylic acids is 2. The fourth-order valence-electron chi connectivity index (χ4n) is 2.45. The fourth-order valence-corrected chi connectivity index (χ4v) is 3.28. The molecule has 3 N–H and O–H groups in total. The van der Waals surface area contributed by atoms with Crippen molar-refractivity contribution in [2.75, 3.05) is 22.6 Å². The van der Waals surface area contributed by atoms with Gasteiger partial charge in [0.1, 0.15) is 5.75 Å². The number of anilines is 3. The van der Waals surface area contributed by atoms with Crippen LogP contribution in [0.2, 0.25) is 5.02 Å². The van der Waals surface area contributed by atoms with Crippen molar-refractivity contribution in [3.63, 3.8) is 0 Å². The van der Waals surface area contributed by atoms with Gasteiger partial charge in [-0.15, -0.1) is 11.3 Å². The lowest BCUT2D eigenvalue weighted by molar-refractivity contribution is -0.115. The Kier molecular flexibility index (Phi) is 7.04. The molecule has 3 rings (SSSR count). The Morgan fingerprint density at radius 3 is 2.59 bits per heavy atom. The van der Waals surface area contributed by atoms with Gasteiger partial charge < -0.3 is 15.4 Å². The van der Waals surface area contributed by atoms with E-state index in [4.69, 9.17) is 16.3 Å². The first kappa shape index (κ1) is 20.6. The summed E-state index contributed by atoms with van der Waals surface area (Å²) in [7, 11) is 0. The minimum Gasteiger partial charge on any atom is -0.492 e. The largest absolute Gasteiger partial charge is 0.492 e. The number of benzene rings is 2. The number of nitrogens with one attached hydrogen (secondary N) is 3. The number of aromatic nitrogens is 1. The maximum atomic E-state index is 12.3. The molecule has 0 aliphatic carbocycles. The van der Waals surface area contributed by atoms with E-state index in [-0.39, 0.29) is 12.3 Å². The van der Waals surface area contributed by atoms with Crippen LogP contribution in [0.5, 0.6) is 5.75 Å². The highest BCUT2D eigenvalue weighted by Crippen LogP contribution is 2.24. The average molecular weight is 431 g/mol. The van der Waals surface area contributed by atoms with Gasteiger partial charge in [-0.2, -0.15) is 0 Å². The summed E-state index contributed by atoms with van der Waals surface area (Å²) in [6, 6.07) is 13.6. The molecule has 29 heavy (non-hydrogen) atoms. The monoisotopic (exact) mass is 430 g/mol. The van der Waals surface area contributed by atoms with Crippen molar-refractivity contribution in [1.82, 2.24) is 4.98 Å².